The van der Waals surface area contributed by atoms with Crippen LogP contribution in [0, 0.1) is 5.82 Å². The molecule has 0 atom stereocenters. The predicted molar refractivity (Wildman–Crippen MR) is 71.0 cm³/mol. The number of H-pyrrole nitrogens is 1. The van der Waals surface area contributed by atoms with E-state index in [9.17, 15) is 4.39 Å². The van der Waals surface area contributed by atoms with Crippen molar-refractivity contribution in [2.24, 2.45) is 0 Å². The number of hydrogen-bond acceptors (Lipinski definition) is 2. The lowest BCUT2D eigenvalue weighted by Crippen LogP contribution is -1.79. The van der Waals surface area contributed by atoms with E-state index in [0.29, 0.717) is 5.52 Å². The number of para-hydroxylation sites is 1. The summed E-state index contributed by atoms with van der Waals surface area (Å²) in [4.78, 5) is 2.93. The van der Waals surface area contributed by atoms with E-state index in [-0.39, 0.29) is 5.82 Å². The van der Waals surface area contributed by atoms with Gasteiger partial charge in [0, 0.05) is 34.6 Å². The summed E-state index contributed by atoms with van der Waals surface area (Å²) >= 11 is 1.21. The summed E-state index contributed by atoms with van der Waals surface area (Å²) in [6, 6.07) is 5.00. The van der Waals surface area contributed by atoms with Crippen molar-refractivity contribution in [1.82, 2.24) is 4.98 Å². The van der Waals surface area contributed by atoms with Crippen molar-refractivity contribution in [3.63, 3.8) is 0 Å². The minimum atomic E-state index is -0.253. The Morgan fingerprint density at radius 1 is 1.53 bits per heavy atom. The molecule has 0 spiro atoms. The lowest BCUT2D eigenvalue weighted by atomic mass is 10.1. The molecule has 88 valence electrons. The third kappa shape index (κ3) is 2.28. The van der Waals surface area contributed by atoms with Gasteiger partial charge in [0.25, 0.3) is 0 Å². The minimum Gasteiger partial charge on any atom is -0.358 e. The minimum absolute atomic E-state index is 0.253. The second-order valence-corrected chi connectivity index (χ2v) is 4.17. The molecule has 0 amide bonds. The number of hydrogen-bond donors (Lipinski definition) is 1. The molecule has 0 bridgehead atoms. The number of rotatable bonds is 4. The normalized spacial score (nSPS) is 12.0. The summed E-state index contributed by atoms with van der Waals surface area (Å²) in [5.74, 6) is -0.253. The van der Waals surface area contributed by atoms with E-state index in [1.54, 1.807) is 25.4 Å². The highest BCUT2D eigenvalue weighted by Crippen LogP contribution is 2.28. The first kappa shape index (κ1) is 12.0. The van der Waals surface area contributed by atoms with Crippen LogP contribution in [0.3, 0.4) is 0 Å². The predicted octanol–water partition coefficient (Wildman–Crippen LogP) is 4.13. The maximum Gasteiger partial charge on any atom is 0.147 e. The van der Waals surface area contributed by atoms with E-state index in [1.165, 1.54) is 18.1 Å². The molecule has 0 saturated carbocycles. The molecular weight excluding hydrogens is 237 g/mol. The van der Waals surface area contributed by atoms with Gasteiger partial charge in [-0.3, -0.25) is 0 Å². The highest BCUT2D eigenvalue weighted by Gasteiger charge is 2.09. The first-order chi connectivity index (χ1) is 8.27. The molecule has 0 aliphatic heterocycles. The smallest absolute Gasteiger partial charge is 0.147 e. The Morgan fingerprint density at radius 2 is 2.35 bits per heavy atom. The first-order valence-corrected chi connectivity index (χ1v) is 5.86. The highest BCUT2D eigenvalue weighted by molar-refractivity contribution is 7.97. The molecule has 0 radical (unpaired) electrons. The van der Waals surface area contributed by atoms with E-state index in [0.717, 1.165) is 16.5 Å². The van der Waals surface area contributed by atoms with E-state index in [1.807, 2.05) is 11.5 Å². The summed E-state index contributed by atoms with van der Waals surface area (Å²) in [5.41, 5.74) is 2.32. The summed E-state index contributed by atoms with van der Waals surface area (Å²) in [7, 11) is 1.59. The van der Waals surface area contributed by atoms with E-state index in [2.05, 4.69) is 11.6 Å². The molecule has 17 heavy (non-hydrogen) atoms. The fourth-order valence-corrected chi connectivity index (χ4v) is 2.10. The van der Waals surface area contributed by atoms with Crippen molar-refractivity contribution < 1.29 is 8.57 Å². The molecule has 1 heterocycles. The van der Waals surface area contributed by atoms with Gasteiger partial charge in [-0.2, -0.15) is 0 Å². The van der Waals surface area contributed by atoms with Crippen molar-refractivity contribution in [3.8, 4) is 0 Å². The average Bonchev–Trinajstić information content (AvgIpc) is 2.76. The van der Waals surface area contributed by atoms with Gasteiger partial charge in [0.15, 0.2) is 0 Å². The topological polar surface area (TPSA) is 25.0 Å². The Morgan fingerprint density at radius 3 is 3.06 bits per heavy atom. The summed E-state index contributed by atoms with van der Waals surface area (Å²) in [5, 5.41) is 2.67. The number of aromatic amines is 1. The summed E-state index contributed by atoms with van der Waals surface area (Å²) in [6.45, 7) is 3.75. The molecule has 4 heteroatoms. The van der Waals surface area contributed by atoms with E-state index in [4.69, 9.17) is 4.18 Å². The first-order valence-electron chi connectivity index (χ1n) is 5.06. The van der Waals surface area contributed by atoms with Crippen molar-refractivity contribution in [2.45, 2.75) is 0 Å². The molecule has 1 aromatic heterocycles. The second-order valence-electron chi connectivity index (χ2n) is 3.40. The van der Waals surface area contributed by atoms with Gasteiger partial charge in [0.2, 0.25) is 0 Å². The molecule has 2 aromatic rings. The van der Waals surface area contributed by atoms with Crippen molar-refractivity contribution in [2.75, 3.05) is 7.11 Å². The lowest BCUT2D eigenvalue weighted by Gasteiger charge is -2.00. The standard InChI is InChI=1S/C13H12FNOS/c1-3-9(8-17-16-2)11-7-15-13-10(11)5-4-6-12(13)14/h3-8,15H,1H2,2H3/b9-8+. The van der Waals surface area contributed by atoms with Gasteiger partial charge < -0.3 is 9.17 Å². The van der Waals surface area contributed by atoms with Crippen LogP contribution in [-0.4, -0.2) is 12.1 Å². The zero-order valence-electron chi connectivity index (χ0n) is 9.37. The number of benzene rings is 1. The van der Waals surface area contributed by atoms with Gasteiger partial charge in [0.05, 0.1) is 12.6 Å². The molecule has 1 aromatic carbocycles. The van der Waals surface area contributed by atoms with Gasteiger partial charge in [-0.1, -0.05) is 24.8 Å². The van der Waals surface area contributed by atoms with Crippen LogP contribution < -0.4 is 0 Å². The Hall–Kier alpha value is -1.52. The lowest BCUT2D eigenvalue weighted by molar-refractivity contribution is 0.494. The van der Waals surface area contributed by atoms with Gasteiger partial charge >= 0.3 is 0 Å². The van der Waals surface area contributed by atoms with Crippen LogP contribution in [0.25, 0.3) is 16.5 Å². The van der Waals surface area contributed by atoms with Crippen molar-refractivity contribution in [3.05, 3.63) is 53.8 Å². The Kier molecular flexibility index (Phi) is 3.66. The van der Waals surface area contributed by atoms with Gasteiger partial charge in [-0.25, -0.2) is 4.39 Å². The molecule has 1 N–H and O–H groups in total. The molecule has 2 rings (SSSR count). The number of halogens is 1. The van der Waals surface area contributed by atoms with Crippen LogP contribution in [-0.2, 0) is 4.18 Å². The Labute approximate surface area is 103 Å². The van der Waals surface area contributed by atoms with Crippen LogP contribution in [0.4, 0.5) is 4.39 Å². The van der Waals surface area contributed by atoms with Crippen LogP contribution >= 0.6 is 12.0 Å². The quantitative estimate of drug-likeness (QED) is 0.651. The monoisotopic (exact) mass is 249 g/mol. The largest absolute Gasteiger partial charge is 0.358 e. The zero-order valence-corrected chi connectivity index (χ0v) is 10.2. The third-order valence-corrected chi connectivity index (χ3v) is 3.01. The SMILES string of the molecule is C=C/C(=C\SOC)c1c[nH]c2c(F)cccc12. The molecule has 0 aliphatic carbocycles. The van der Waals surface area contributed by atoms with Crippen LogP contribution in [0.5, 0.6) is 0 Å². The van der Waals surface area contributed by atoms with E-state index < -0.39 is 0 Å². The highest BCUT2D eigenvalue weighted by atomic mass is 32.2. The maximum atomic E-state index is 13.5. The van der Waals surface area contributed by atoms with E-state index >= 15 is 0 Å². The summed E-state index contributed by atoms with van der Waals surface area (Å²) < 4.78 is 18.4. The molecule has 0 aliphatic rings. The number of aromatic nitrogens is 1. The molecule has 0 fully saturated rings. The Bertz CT molecular complexity index is 574. The fraction of sp³-hybridized carbons (Fsp3) is 0.0769. The van der Waals surface area contributed by atoms with Crippen molar-refractivity contribution in [1.29, 1.82) is 0 Å². The second kappa shape index (κ2) is 5.21. The van der Waals surface area contributed by atoms with Crippen LogP contribution in [0.2, 0.25) is 0 Å². The van der Waals surface area contributed by atoms with Gasteiger partial charge in [0.1, 0.15) is 5.82 Å². The number of fused-ring (bicyclic) bond motifs is 1. The molecule has 0 unspecified atom stereocenters. The summed E-state index contributed by atoms with van der Waals surface area (Å²) in [6.07, 6.45) is 3.50. The zero-order chi connectivity index (χ0) is 12.3. The number of nitrogens with one attached hydrogen (secondary N) is 1. The molecule has 2 nitrogen and oxygen atoms in total. The molecule has 0 saturated heterocycles. The van der Waals surface area contributed by atoms with Crippen molar-refractivity contribution >= 4 is 28.5 Å². The van der Waals surface area contributed by atoms with Gasteiger partial charge in [-0.15, -0.1) is 0 Å². The average molecular weight is 249 g/mol. The molecular formula is C13H12FNOS. The third-order valence-electron chi connectivity index (χ3n) is 2.47. The van der Waals surface area contributed by atoms with Crippen LogP contribution in [0.15, 0.2) is 42.5 Å². The maximum absolute atomic E-state index is 13.5. The fourth-order valence-electron chi connectivity index (χ4n) is 1.68. The van der Waals surface area contributed by atoms with Crippen LogP contribution in [0.1, 0.15) is 5.56 Å². The Balaban J connectivity index is 2.55. The number of allylic oxidation sites excluding steroid dienone is 2. The van der Waals surface area contributed by atoms with Gasteiger partial charge in [-0.05, 0) is 11.6 Å².